The molecule has 20 heavy (non-hydrogen) atoms. The Bertz CT molecular complexity index is 493. The van der Waals surface area contributed by atoms with Gasteiger partial charge < -0.3 is 10.2 Å². The Morgan fingerprint density at radius 1 is 1.15 bits per heavy atom. The fourth-order valence-electron chi connectivity index (χ4n) is 3.40. The molecule has 0 bridgehead atoms. The second kappa shape index (κ2) is 6.15. The summed E-state index contributed by atoms with van der Waals surface area (Å²) in [6.45, 7) is 6.16. The smallest absolute Gasteiger partial charge is 0.254 e. The van der Waals surface area contributed by atoms with E-state index in [-0.39, 0.29) is 18.3 Å². The number of hydrogen-bond acceptors (Lipinski definition) is 2. The van der Waals surface area contributed by atoms with Crippen molar-refractivity contribution in [2.45, 2.75) is 58.3 Å². The van der Waals surface area contributed by atoms with Gasteiger partial charge >= 0.3 is 0 Å². The maximum atomic E-state index is 12.7. The molecule has 1 N–H and O–H groups in total. The molecule has 3 rings (SSSR count). The number of carbonyl (C=O) groups is 1. The van der Waals surface area contributed by atoms with Crippen LogP contribution < -0.4 is 5.32 Å². The van der Waals surface area contributed by atoms with Gasteiger partial charge in [0.15, 0.2) is 0 Å². The third-order valence-corrected chi connectivity index (χ3v) is 4.51. The normalized spacial score (nSPS) is 25.0. The van der Waals surface area contributed by atoms with Crippen molar-refractivity contribution in [1.29, 1.82) is 0 Å². The molecule has 110 valence electrons. The standard InChI is InChI=1S/C16H22N2O.ClH/c1-11-4-3-5-12(2)18(11)16(19)13-6-7-14-9-17-10-15(14)8-13;/h6-8,11-12,17H,3-5,9-10H2,1-2H3;1H. The van der Waals surface area contributed by atoms with Crippen molar-refractivity contribution in [2.75, 3.05) is 0 Å². The maximum Gasteiger partial charge on any atom is 0.254 e. The van der Waals surface area contributed by atoms with E-state index in [1.807, 2.05) is 6.07 Å². The molecule has 1 saturated heterocycles. The van der Waals surface area contributed by atoms with Gasteiger partial charge in [-0.3, -0.25) is 4.79 Å². The van der Waals surface area contributed by atoms with Crippen LogP contribution in [0.25, 0.3) is 0 Å². The van der Waals surface area contributed by atoms with Crippen LogP contribution in [0.2, 0.25) is 0 Å². The predicted molar refractivity (Wildman–Crippen MR) is 83.2 cm³/mol. The summed E-state index contributed by atoms with van der Waals surface area (Å²) in [6, 6.07) is 6.89. The molecule has 2 unspecified atom stereocenters. The van der Waals surface area contributed by atoms with Crippen molar-refractivity contribution < 1.29 is 4.79 Å². The van der Waals surface area contributed by atoms with Gasteiger partial charge in [0.2, 0.25) is 0 Å². The lowest BCUT2D eigenvalue weighted by Crippen LogP contribution is -2.47. The first-order chi connectivity index (χ1) is 9.16. The summed E-state index contributed by atoms with van der Waals surface area (Å²) in [4.78, 5) is 14.8. The minimum atomic E-state index is 0. The highest BCUT2D eigenvalue weighted by Gasteiger charge is 2.29. The first-order valence-corrected chi connectivity index (χ1v) is 7.32. The quantitative estimate of drug-likeness (QED) is 0.863. The van der Waals surface area contributed by atoms with E-state index < -0.39 is 0 Å². The monoisotopic (exact) mass is 294 g/mol. The first kappa shape index (κ1) is 15.3. The number of carbonyl (C=O) groups excluding carboxylic acids is 1. The average Bonchev–Trinajstić information content (AvgIpc) is 2.85. The van der Waals surface area contributed by atoms with Gasteiger partial charge in [-0.1, -0.05) is 6.07 Å². The Morgan fingerprint density at radius 2 is 1.80 bits per heavy atom. The van der Waals surface area contributed by atoms with Crippen LogP contribution in [-0.4, -0.2) is 22.9 Å². The van der Waals surface area contributed by atoms with E-state index in [4.69, 9.17) is 0 Å². The number of rotatable bonds is 1. The average molecular weight is 295 g/mol. The SMILES string of the molecule is CC1CCCC(C)N1C(=O)c1ccc2c(c1)CNC2.Cl. The number of fused-ring (bicyclic) bond motifs is 1. The molecule has 2 atom stereocenters. The number of likely N-dealkylation sites (tertiary alicyclic amines) is 1. The number of hydrogen-bond donors (Lipinski definition) is 1. The van der Waals surface area contributed by atoms with E-state index in [2.05, 4.69) is 36.2 Å². The number of nitrogens with one attached hydrogen (secondary N) is 1. The van der Waals surface area contributed by atoms with Crippen molar-refractivity contribution >= 4 is 18.3 Å². The molecule has 0 saturated carbocycles. The Labute approximate surface area is 127 Å². The van der Waals surface area contributed by atoms with Crippen LogP contribution >= 0.6 is 12.4 Å². The number of nitrogens with zero attached hydrogens (tertiary/aromatic N) is 1. The third kappa shape index (κ3) is 2.70. The molecule has 1 aromatic carbocycles. The van der Waals surface area contributed by atoms with E-state index >= 15 is 0 Å². The topological polar surface area (TPSA) is 32.3 Å². The molecule has 1 amide bonds. The molecule has 0 aromatic heterocycles. The maximum absolute atomic E-state index is 12.7. The van der Waals surface area contributed by atoms with Crippen LogP contribution in [0.1, 0.15) is 54.6 Å². The largest absolute Gasteiger partial charge is 0.333 e. The van der Waals surface area contributed by atoms with Crippen LogP contribution in [0.3, 0.4) is 0 Å². The number of piperidine rings is 1. The summed E-state index contributed by atoms with van der Waals surface area (Å²) in [5.41, 5.74) is 3.46. The first-order valence-electron chi connectivity index (χ1n) is 7.32. The molecule has 1 fully saturated rings. The van der Waals surface area contributed by atoms with Gasteiger partial charge in [-0.25, -0.2) is 0 Å². The summed E-state index contributed by atoms with van der Waals surface area (Å²) in [6.07, 6.45) is 3.49. The fraction of sp³-hybridized carbons (Fsp3) is 0.562. The van der Waals surface area contributed by atoms with Gasteiger partial charge in [0, 0.05) is 30.7 Å². The van der Waals surface area contributed by atoms with E-state index in [9.17, 15) is 4.79 Å². The molecular formula is C16H23ClN2O. The van der Waals surface area contributed by atoms with Crippen LogP contribution in [0.5, 0.6) is 0 Å². The van der Waals surface area contributed by atoms with Gasteiger partial charge in [0.05, 0.1) is 0 Å². The second-order valence-corrected chi connectivity index (χ2v) is 5.93. The summed E-state index contributed by atoms with van der Waals surface area (Å²) in [5, 5.41) is 3.33. The third-order valence-electron chi connectivity index (χ3n) is 4.51. The van der Waals surface area contributed by atoms with Crippen molar-refractivity contribution in [3.05, 3.63) is 34.9 Å². The van der Waals surface area contributed by atoms with Crippen molar-refractivity contribution in [3.8, 4) is 0 Å². The minimum Gasteiger partial charge on any atom is -0.333 e. The lowest BCUT2D eigenvalue weighted by atomic mass is 9.96. The van der Waals surface area contributed by atoms with Gasteiger partial charge in [0.1, 0.15) is 0 Å². The number of amides is 1. The molecule has 3 nitrogen and oxygen atoms in total. The molecule has 0 radical (unpaired) electrons. The van der Waals surface area contributed by atoms with Crippen LogP contribution in [0, 0.1) is 0 Å². The van der Waals surface area contributed by atoms with Crippen molar-refractivity contribution in [2.24, 2.45) is 0 Å². The molecule has 1 aromatic rings. The number of halogens is 1. The molecular weight excluding hydrogens is 272 g/mol. The van der Waals surface area contributed by atoms with E-state index in [0.717, 1.165) is 31.5 Å². The summed E-state index contributed by atoms with van der Waals surface area (Å²) < 4.78 is 0. The Hall–Kier alpha value is -1.06. The van der Waals surface area contributed by atoms with Crippen LogP contribution in [0.15, 0.2) is 18.2 Å². The molecule has 2 aliphatic rings. The highest BCUT2D eigenvalue weighted by atomic mass is 35.5. The zero-order chi connectivity index (χ0) is 13.4. The molecule has 4 heteroatoms. The molecule has 0 aliphatic carbocycles. The Morgan fingerprint density at radius 3 is 2.50 bits per heavy atom. The van der Waals surface area contributed by atoms with E-state index in [0.29, 0.717) is 12.1 Å². The zero-order valence-corrected chi connectivity index (χ0v) is 13.0. The minimum absolute atomic E-state index is 0. The predicted octanol–water partition coefficient (Wildman–Crippen LogP) is 3.11. The highest BCUT2D eigenvalue weighted by Crippen LogP contribution is 2.26. The molecule has 2 heterocycles. The number of benzene rings is 1. The van der Waals surface area contributed by atoms with Crippen LogP contribution in [0.4, 0.5) is 0 Å². The fourth-order valence-corrected chi connectivity index (χ4v) is 3.40. The summed E-state index contributed by atoms with van der Waals surface area (Å²) >= 11 is 0. The van der Waals surface area contributed by atoms with Crippen molar-refractivity contribution in [3.63, 3.8) is 0 Å². The summed E-state index contributed by atoms with van der Waals surface area (Å²) in [5.74, 6) is 0.203. The van der Waals surface area contributed by atoms with Crippen LogP contribution in [-0.2, 0) is 13.1 Å². The molecule has 2 aliphatic heterocycles. The highest BCUT2D eigenvalue weighted by molar-refractivity contribution is 5.95. The lowest BCUT2D eigenvalue weighted by molar-refractivity contribution is 0.0510. The lowest BCUT2D eigenvalue weighted by Gasteiger charge is -2.39. The van der Waals surface area contributed by atoms with Gasteiger partial charge in [0.25, 0.3) is 5.91 Å². The summed E-state index contributed by atoms with van der Waals surface area (Å²) in [7, 11) is 0. The second-order valence-electron chi connectivity index (χ2n) is 5.93. The van der Waals surface area contributed by atoms with Gasteiger partial charge in [-0.2, -0.15) is 0 Å². The van der Waals surface area contributed by atoms with E-state index in [1.54, 1.807) is 0 Å². The molecule has 0 spiro atoms. The zero-order valence-electron chi connectivity index (χ0n) is 12.2. The van der Waals surface area contributed by atoms with E-state index in [1.165, 1.54) is 17.5 Å². The Balaban J connectivity index is 0.00000147. The Kier molecular flexibility index (Phi) is 4.71. The van der Waals surface area contributed by atoms with Gasteiger partial charge in [-0.15, -0.1) is 12.4 Å². The van der Waals surface area contributed by atoms with Gasteiger partial charge in [-0.05, 0) is 56.4 Å². The van der Waals surface area contributed by atoms with Crippen molar-refractivity contribution in [1.82, 2.24) is 10.2 Å².